The van der Waals surface area contributed by atoms with Crippen LogP contribution in [0.25, 0.3) is 0 Å². The molecule has 7 amide bonds. The second-order valence-corrected chi connectivity index (χ2v) is 32.8. The largest absolute Gasteiger partial charge is 0.490 e. The van der Waals surface area contributed by atoms with Crippen molar-refractivity contribution in [3.05, 3.63) is 118 Å². The molecule has 0 aliphatic heterocycles. The Morgan fingerprint density at radius 2 is 0.513 bits per heavy atom. The third-order valence-electron chi connectivity index (χ3n) is 19.5. The Balaban J connectivity index is 1.69. The molecule has 0 saturated carbocycles. The molecule has 0 fully saturated rings. The second-order valence-electron chi connectivity index (χ2n) is 32.8. The van der Waals surface area contributed by atoms with Gasteiger partial charge in [-0.15, -0.1) is 0 Å². The Morgan fingerprint density at radius 1 is 0.282 bits per heavy atom. The molecule has 0 aliphatic rings. The summed E-state index contributed by atoms with van der Waals surface area (Å²) in [5, 5.41) is 20.8. The summed E-state index contributed by atoms with van der Waals surface area (Å²) in [5.74, 6) is -2.68. The number of amides is 7. The van der Waals surface area contributed by atoms with Gasteiger partial charge in [0.15, 0.2) is 0 Å². The first-order valence-electron chi connectivity index (χ1n) is 43.5. The van der Waals surface area contributed by atoms with E-state index in [2.05, 4.69) is 113 Å². The molecule has 5 rings (SSSR count). The molecule has 4 atom stereocenters. The predicted molar refractivity (Wildman–Crippen MR) is 471 cm³/mol. The van der Waals surface area contributed by atoms with E-state index in [9.17, 15) is 14.4 Å². The number of nitrogen functional groups attached to an aromatic ring is 2. The molecule has 0 radical (unpaired) electrons. The number of carbonyl (C=O) groups is 7. The van der Waals surface area contributed by atoms with E-state index >= 15 is 19.2 Å². The van der Waals surface area contributed by atoms with Crippen molar-refractivity contribution in [3.63, 3.8) is 0 Å². The van der Waals surface area contributed by atoms with Crippen LogP contribution in [-0.4, -0.2) is 138 Å². The Kier molecular flexibility index (Phi) is 46.3. The summed E-state index contributed by atoms with van der Waals surface area (Å²) < 4.78 is 50.7. The maximum absolute atomic E-state index is 15.6. The lowest BCUT2D eigenvalue weighted by Crippen LogP contribution is -2.26. The molecule has 0 bridgehead atoms. The van der Waals surface area contributed by atoms with Gasteiger partial charge in [0, 0.05) is 109 Å². The molecular formula is C93H143N9O15. The van der Waals surface area contributed by atoms with Gasteiger partial charge in [-0.2, -0.15) is 0 Å². The smallest absolute Gasteiger partial charge is 0.259 e. The van der Waals surface area contributed by atoms with Gasteiger partial charge in [0.2, 0.25) is 0 Å². The van der Waals surface area contributed by atoms with Crippen LogP contribution in [0.4, 0.5) is 34.1 Å². The highest BCUT2D eigenvalue weighted by molar-refractivity contribution is 6.14. The lowest BCUT2D eigenvalue weighted by Gasteiger charge is -2.21. The molecule has 117 heavy (non-hydrogen) atoms. The number of unbranched alkanes of at least 4 members (excludes halogenated alkanes) is 15. The van der Waals surface area contributed by atoms with Crippen molar-refractivity contribution < 1.29 is 71.5 Å². The van der Waals surface area contributed by atoms with Gasteiger partial charge in [-0.1, -0.05) is 172 Å². The minimum atomic E-state index is -0.799. The number of ether oxygens (including phenoxy) is 8. The molecule has 0 aliphatic carbocycles. The van der Waals surface area contributed by atoms with Gasteiger partial charge in [0.1, 0.15) is 49.4 Å². The number of carbonyl (C=O) groups excluding carboxylic acids is 7. The summed E-state index contributed by atoms with van der Waals surface area (Å²) >= 11 is 0. The first-order valence-corrected chi connectivity index (χ1v) is 43.5. The number of nitrogens with one attached hydrogen (secondary N) is 7. The quantitative estimate of drug-likeness (QED) is 0.0129. The van der Waals surface area contributed by atoms with Crippen LogP contribution in [0.15, 0.2) is 78.9 Å². The standard InChI is InChI=1S/C93H143N9O15/c1-16-19-22-25-28-31-38-96-87(103)70-45-73(94)51-75(47-70)99-90(106)79-54-81(85(116-60-68(14)112-43-36-64(8)9)56-83(79)114-58-66(12)110-41-34-62(4)5)92(108)101-77-49-72(89(105)98-40-33-30-27-24-21-18-3)50-78(53-77)102-93(109)82-55-80(91(107)100-76-48-71(46-74(95)52-76)88(104)97-39-32-29-26-23-20-17-2)84(115-59-67(13)111-42-35-63(6)7)57-86(82)117-61-69(15)113-44-37-65(10)11/h45-57,62-69H,16-44,58-61,94-95H2,1-15H3,(H,96,103)(H,97,104)(H,98,105)(H,99,106)(H,100,107)(H,101,108)(H,102,109)/t66-,67-,68-,69-/m0/s1. The normalized spacial score (nSPS) is 12.4. The highest BCUT2D eigenvalue weighted by atomic mass is 16.6. The summed E-state index contributed by atoms with van der Waals surface area (Å²) in [5.41, 5.74) is 13.8. The summed E-state index contributed by atoms with van der Waals surface area (Å²) in [7, 11) is 0. The van der Waals surface area contributed by atoms with Crippen molar-refractivity contribution >= 4 is 75.5 Å². The van der Waals surface area contributed by atoms with E-state index in [1.165, 1.54) is 78.9 Å². The molecule has 0 unspecified atom stereocenters. The fourth-order valence-electron chi connectivity index (χ4n) is 12.4. The molecule has 24 nitrogen and oxygen atoms in total. The van der Waals surface area contributed by atoms with Gasteiger partial charge in [-0.25, -0.2) is 0 Å². The number of hydrogen-bond acceptors (Lipinski definition) is 17. The molecule has 5 aromatic carbocycles. The van der Waals surface area contributed by atoms with Gasteiger partial charge in [-0.05, 0) is 163 Å². The molecule has 0 spiro atoms. The highest BCUT2D eigenvalue weighted by Gasteiger charge is 2.28. The zero-order valence-corrected chi connectivity index (χ0v) is 73.2. The Labute approximate surface area is 698 Å². The lowest BCUT2D eigenvalue weighted by molar-refractivity contribution is 0.0249. The molecule has 5 aromatic rings. The van der Waals surface area contributed by atoms with E-state index in [1.807, 2.05) is 27.7 Å². The first kappa shape index (κ1) is 98.6. The maximum atomic E-state index is 15.6. The van der Waals surface area contributed by atoms with Crippen molar-refractivity contribution in [2.75, 3.05) is 105 Å². The number of benzene rings is 5. The third kappa shape index (κ3) is 39.0. The van der Waals surface area contributed by atoms with E-state index in [4.69, 9.17) is 49.4 Å². The van der Waals surface area contributed by atoms with E-state index in [0.29, 0.717) is 76.2 Å². The van der Waals surface area contributed by atoms with Crippen LogP contribution in [0.1, 0.15) is 318 Å². The van der Waals surface area contributed by atoms with Crippen LogP contribution in [0.3, 0.4) is 0 Å². The van der Waals surface area contributed by atoms with Crippen molar-refractivity contribution in [2.24, 2.45) is 23.7 Å². The Morgan fingerprint density at radius 3 is 0.761 bits per heavy atom. The average molecular weight is 1630 g/mol. The van der Waals surface area contributed by atoms with E-state index in [0.717, 1.165) is 135 Å². The summed E-state index contributed by atoms with van der Waals surface area (Å²) in [6.07, 6.45) is 19.8. The van der Waals surface area contributed by atoms with Crippen LogP contribution in [-0.2, 0) is 18.9 Å². The van der Waals surface area contributed by atoms with Gasteiger partial charge in [-0.3, -0.25) is 33.6 Å². The van der Waals surface area contributed by atoms with E-state index in [1.54, 1.807) is 0 Å². The monoisotopic (exact) mass is 1630 g/mol. The van der Waals surface area contributed by atoms with Crippen LogP contribution in [0.2, 0.25) is 0 Å². The zero-order valence-electron chi connectivity index (χ0n) is 73.2. The second kappa shape index (κ2) is 54.9. The van der Waals surface area contributed by atoms with Crippen LogP contribution in [0.5, 0.6) is 23.0 Å². The minimum Gasteiger partial charge on any atom is -0.490 e. The SMILES string of the molecule is CCCCCCCCNC(=O)c1cc(N)cc(NC(=O)c2cc(C(=O)Nc3cc(NC(=O)c4cc(C(=O)Nc5cc(N)cc(C(=O)NCCCCCCCC)c5)c(OC[C@H](C)OCCC(C)C)cc4OC[C@H](C)OCCC(C)C)cc(C(=O)NCCCCCCCC)c3)c(OC[C@H](C)OCCC(C)C)cc2OC[C@H](C)OCCC(C)C)c1. The predicted octanol–water partition coefficient (Wildman–Crippen LogP) is 19.5. The zero-order chi connectivity index (χ0) is 85.6. The Bertz CT molecular complexity index is 3620. The third-order valence-corrected chi connectivity index (χ3v) is 19.5. The maximum Gasteiger partial charge on any atom is 0.259 e. The first-order chi connectivity index (χ1) is 56.0. The van der Waals surface area contributed by atoms with Crippen molar-refractivity contribution in [1.82, 2.24) is 16.0 Å². The van der Waals surface area contributed by atoms with Crippen LogP contribution < -0.4 is 67.6 Å². The topological polar surface area (TPSA) is 330 Å². The average Bonchev–Trinajstić information content (AvgIpc) is 0.796. The number of rotatable bonds is 60. The number of hydrogen-bond donors (Lipinski definition) is 9. The summed E-state index contributed by atoms with van der Waals surface area (Å²) in [6.45, 7) is 33.7. The minimum absolute atomic E-state index is 0.00828. The molecular weight excluding hydrogens is 1480 g/mol. The molecule has 0 aromatic heterocycles. The molecule has 24 heteroatoms. The molecule has 650 valence electrons. The van der Waals surface area contributed by atoms with Crippen molar-refractivity contribution in [1.29, 1.82) is 0 Å². The van der Waals surface area contributed by atoms with Gasteiger partial charge in [0.05, 0.1) is 46.7 Å². The lowest BCUT2D eigenvalue weighted by atomic mass is 10.0. The fraction of sp³-hybridized carbons (Fsp3) is 0.602. The van der Waals surface area contributed by atoms with Gasteiger partial charge >= 0.3 is 0 Å². The van der Waals surface area contributed by atoms with Gasteiger partial charge < -0.3 is 86.6 Å². The van der Waals surface area contributed by atoms with E-state index in [-0.39, 0.29) is 134 Å². The highest BCUT2D eigenvalue weighted by Crippen LogP contribution is 2.36. The molecule has 0 heterocycles. The van der Waals surface area contributed by atoms with Gasteiger partial charge in [0.25, 0.3) is 41.4 Å². The molecule has 0 saturated heterocycles. The fourth-order valence-corrected chi connectivity index (χ4v) is 12.4. The van der Waals surface area contributed by atoms with Crippen LogP contribution in [0, 0.1) is 23.7 Å². The summed E-state index contributed by atoms with van der Waals surface area (Å²) in [4.78, 5) is 103. The molecule has 11 N–H and O–H groups in total. The van der Waals surface area contributed by atoms with Crippen molar-refractivity contribution in [2.45, 2.75) is 270 Å². The number of nitrogens with two attached hydrogens (primary N) is 2. The van der Waals surface area contributed by atoms with Crippen molar-refractivity contribution in [3.8, 4) is 23.0 Å². The van der Waals surface area contributed by atoms with E-state index < -0.39 is 54.0 Å². The van der Waals surface area contributed by atoms with Crippen LogP contribution >= 0.6 is 0 Å². The summed E-state index contributed by atoms with van der Waals surface area (Å²) in [6, 6.07) is 19.2. The number of anilines is 6. The Hall–Kier alpha value is -8.97.